The lowest BCUT2D eigenvalue weighted by molar-refractivity contribution is 1.16. The van der Waals surface area contributed by atoms with Crippen LogP contribution in [0, 0.1) is 6.92 Å². The van der Waals surface area contributed by atoms with E-state index in [1.54, 1.807) is 11.3 Å². The molecule has 21 heavy (non-hydrogen) atoms. The van der Waals surface area contributed by atoms with Crippen LogP contribution in [0.3, 0.4) is 0 Å². The minimum absolute atomic E-state index is 0.991. The van der Waals surface area contributed by atoms with Gasteiger partial charge in [-0.25, -0.2) is 4.98 Å². The molecule has 102 valence electrons. The number of pyridine rings is 1. The normalized spacial score (nSPS) is 11.1. The van der Waals surface area contributed by atoms with Crippen LogP contribution >= 0.6 is 11.3 Å². The second-order valence-corrected chi connectivity index (χ2v) is 6.21. The maximum Gasteiger partial charge on any atom is 0.137 e. The fourth-order valence-electron chi connectivity index (χ4n) is 2.45. The third kappa shape index (κ3) is 2.26. The largest absolute Gasteiger partial charge is 0.306 e. The second-order valence-electron chi connectivity index (χ2n) is 5.13. The lowest BCUT2D eigenvalue weighted by Gasteiger charge is -1.94. The van der Waals surface area contributed by atoms with Crippen LogP contribution < -0.4 is 0 Å². The second kappa shape index (κ2) is 4.86. The van der Waals surface area contributed by atoms with Gasteiger partial charge in [-0.2, -0.15) is 0 Å². The van der Waals surface area contributed by atoms with Crippen molar-refractivity contribution in [1.82, 2.24) is 9.38 Å². The predicted molar refractivity (Wildman–Crippen MR) is 88.7 cm³/mol. The number of benzene rings is 1. The summed E-state index contributed by atoms with van der Waals surface area (Å²) < 4.78 is 2.09. The number of fused-ring (bicyclic) bond motifs is 1. The summed E-state index contributed by atoms with van der Waals surface area (Å²) in [6, 6.07) is 18.9. The molecular weight excluding hydrogens is 276 g/mol. The molecule has 0 amide bonds. The zero-order valence-corrected chi connectivity index (χ0v) is 12.5. The number of rotatable bonds is 2. The smallest absolute Gasteiger partial charge is 0.137 e. The molecule has 4 aromatic rings. The highest BCUT2D eigenvalue weighted by atomic mass is 32.1. The molecule has 0 spiro atoms. The van der Waals surface area contributed by atoms with Gasteiger partial charge in [0.15, 0.2) is 0 Å². The minimum atomic E-state index is 0.991. The van der Waals surface area contributed by atoms with Crippen molar-refractivity contribution in [2.24, 2.45) is 0 Å². The van der Waals surface area contributed by atoms with Crippen molar-refractivity contribution in [2.45, 2.75) is 6.92 Å². The van der Waals surface area contributed by atoms with Crippen molar-refractivity contribution < 1.29 is 0 Å². The molecule has 1 aromatic carbocycles. The van der Waals surface area contributed by atoms with Crippen molar-refractivity contribution in [2.75, 3.05) is 0 Å². The maximum atomic E-state index is 4.70. The molecule has 0 radical (unpaired) electrons. The van der Waals surface area contributed by atoms with Crippen LogP contribution in [0.4, 0.5) is 0 Å². The number of nitrogens with zero attached hydrogens (tertiary/aromatic N) is 2. The molecule has 0 saturated carbocycles. The summed E-state index contributed by atoms with van der Waals surface area (Å²) in [5.74, 6) is 0. The Bertz CT molecular complexity index is 903. The van der Waals surface area contributed by atoms with Gasteiger partial charge in [0.1, 0.15) is 5.65 Å². The van der Waals surface area contributed by atoms with E-state index in [4.69, 9.17) is 4.98 Å². The quantitative estimate of drug-likeness (QED) is 0.505. The van der Waals surface area contributed by atoms with Crippen LogP contribution in [0.2, 0.25) is 0 Å². The summed E-state index contributed by atoms with van der Waals surface area (Å²) in [6.07, 6.45) is 4.21. The molecule has 0 bridgehead atoms. The van der Waals surface area contributed by atoms with Gasteiger partial charge >= 0.3 is 0 Å². The van der Waals surface area contributed by atoms with Crippen molar-refractivity contribution in [3.8, 4) is 21.0 Å². The third-order valence-electron chi connectivity index (χ3n) is 3.52. The van der Waals surface area contributed by atoms with E-state index in [1.807, 2.05) is 6.07 Å². The van der Waals surface area contributed by atoms with Crippen LogP contribution in [-0.4, -0.2) is 9.38 Å². The van der Waals surface area contributed by atoms with E-state index in [1.165, 1.54) is 20.9 Å². The number of hydrogen-bond acceptors (Lipinski definition) is 2. The number of thiophene rings is 1. The molecule has 3 heterocycles. The molecule has 0 aliphatic carbocycles. The van der Waals surface area contributed by atoms with Gasteiger partial charge in [-0.05, 0) is 36.2 Å². The third-order valence-corrected chi connectivity index (χ3v) is 4.67. The molecule has 3 heteroatoms. The Hall–Kier alpha value is -2.39. The Morgan fingerprint density at radius 3 is 2.52 bits per heavy atom. The van der Waals surface area contributed by atoms with E-state index in [0.29, 0.717) is 0 Å². The fraction of sp³-hybridized carbons (Fsp3) is 0.0556. The summed E-state index contributed by atoms with van der Waals surface area (Å²) >= 11 is 1.78. The average molecular weight is 290 g/mol. The van der Waals surface area contributed by atoms with E-state index in [-0.39, 0.29) is 0 Å². The topological polar surface area (TPSA) is 17.3 Å². The molecule has 3 aromatic heterocycles. The lowest BCUT2D eigenvalue weighted by Crippen LogP contribution is -1.82. The highest BCUT2D eigenvalue weighted by Gasteiger charge is 2.08. The number of imidazole rings is 1. The SMILES string of the molecule is Cc1ccc2nc(-c3ccc(-c4ccccc4)s3)cn2c1. The van der Waals surface area contributed by atoms with Crippen LogP contribution in [-0.2, 0) is 0 Å². The van der Waals surface area contributed by atoms with Crippen molar-refractivity contribution in [1.29, 1.82) is 0 Å². The number of aromatic nitrogens is 2. The standard InChI is InChI=1S/C18H14N2S/c1-13-7-10-18-19-15(12-20(18)11-13)17-9-8-16(21-17)14-5-3-2-4-6-14/h2-12H,1H3. The Labute approximate surface area is 127 Å². The summed E-state index contributed by atoms with van der Waals surface area (Å²) in [7, 11) is 0. The Balaban J connectivity index is 1.77. The first-order chi connectivity index (χ1) is 10.3. The lowest BCUT2D eigenvalue weighted by atomic mass is 10.2. The summed E-state index contributed by atoms with van der Waals surface area (Å²) in [4.78, 5) is 7.19. The first-order valence-electron chi connectivity index (χ1n) is 6.90. The van der Waals surface area contributed by atoms with Gasteiger partial charge in [-0.3, -0.25) is 0 Å². The molecule has 0 saturated heterocycles. The zero-order chi connectivity index (χ0) is 14.2. The van der Waals surface area contributed by atoms with E-state index in [9.17, 15) is 0 Å². The van der Waals surface area contributed by atoms with Gasteiger partial charge < -0.3 is 4.40 Å². The van der Waals surface area contributed by atoms with Crippen molar-refractivity contribution in [3.63, 3.8) is 0 Å². The minimum Gasteiger partial charge on any atom is -0.306 e. The zero-order valence-electron chi connectivity index (χ0n) is 11.7. The van der Waals surface area contributed by atoms with Crippen LogP contribution in [0.15, 0.2) is 67.0 Å². The fourth-order valence-corrected chi connectivity index (χ4v) is 3.42. The number of aryl methyl sites for hydroxylation is 1. The maximum absolute atomic E-state index is 4.70. The first kappa shape index (κ1) is 12.4. The Kier molecular flexibility index (Phi) is 2.86. The molecule has 0 N–H and O–H groups in total. The van der Waals surface area contributed by atoms with Gasteiger partial charge in [-0.1, -0.05) is 36.4 Å². The highest BCUT2D eigenvalue weighted by Crippen LogP contribution is 2.33. The van der Waals surface area contributed by atoms with Gasteiger partial charge in [-0.15, -0.1) is 11.3 Å². The summed E-state index contributed by atoms with van der Waals surface area (Å²) in [6.45, 7) is 2.10. The molecule has 0 aliphatic rings. The molecule has 0 fully saturated rings. The van der Waals surface area contributed by atoms with E-state index in [2.05, 4.69) is 72.2 Å². The molecule has 2 nitrogen and oxygen atoms in total. The monoisotopic (exact) mass is 290 g/mol. The molecule has 0 unspecified atom stereocenters. The van der Waals surface area contributed by atoms with Crippen molar-refractivity contribution in [3.05, 3.63) is 72.6 Å². The van der Waals surface area contributed by atoms with E-state index >= 15 is 0 Å². The molecule has 4 rings (SSSR count). The van der Waals surface area contributed by atoms with Gasteiger partial charge in [0.25, 0.3) is 0 Å². The predicted octanol–water partition coefficient (Wildman–Crippen LogP) is 5.04. The van der Waals surface area contributed by atoms with E-state index in [0.717, 1.165) is 11.3 Å². The average Bonchev–Trinajstić information content (AvgIpc) is 3.14. The molecule has 0 aliphatic heterocycles. The summed E-state index contributed by atoms with van der Waals surface area (Å²) in [5.41, 5.74) is 4.52. The van der Waals surface area contributed by atoms with E-state index < -0.39 is 0 Å². The molecule has 0 atom stereocenters. The van der Waals surface area contributed by atoms with Crippen LogP contribution in [0.5, 0.6) is 0 Å². The van der Waals surface area contributed by atoms with Gasteiger partial charge in [0, 0.05) is 17.3 Å². The molecular formula is C18H14N2S. The highest BCUT2D eigenvalue weighted by molar-refractivity contribution is 7.18. The van der Waals surface area contributed by atoms with Crippen molar-refractivity contribution >= 4 is 17.0 Å². The number of hydrogen-bond donors (Lipinski definition) is 0. The van der Waals surface area contributed by atoms with Gasteiger partial charge in [0.2, 0.25) is 0 Å². The van der Waals surface area contributed by atoms with Gasteiger partial charge in [0.05, 0.1) is 10.6 Å². The summed E-state index contributed by atoms with van der Waals surface area (Å²) in [5, 5.41) is 0. The first-order valence-corrected chi connectivity index (χ1v) is 7.72. The Morgan fingerprint density at radius 1 is 0.857 bits per heavy atom. The Morgan fingerprint density at radius 2 is 1.67 bits per heavy atom. The van der Waals surface area contributed by atoms with Crippen LogP contribution in [0.1, 0.15) is 5.56 Å². The van der Waals surface area contributed by atoms with Crippen LogP contribution in [0.25, 0.3) is 26.7 Å².